The molecule has 0 aliphatic carbocycles. The van der Waals surface area contributed by atoms with Crippen molar-refractivity contribution in [3.8, 4) is 0 Å². The quantitative estimate of drug-likeness (QED) is 0.809. The van der Waals surface area contributed by atoms with Crippen molar-refractivity contribution in [3.05, 3.63) is 22.2 Å². The van der Waals surface area contributed by atoms with Gasteiger partial charge in [-0.25, -0.2) is 4.98 Å². The lowest BCUT2D eigenvalue weighted by atomic mass is 9.90. The minimum absolute atomic E-state index is 0.0185. The maximum atomic E-state index is 6.00. The first-order chi connectivity index (χ1) is 8.79. The Bertz CT molecular complexity index is 470. The Balaban J connectivity index is 3.40. The van der Waals surface area contributed by atoms with Crippen LogP contribution in [0.3, 0.4) is 0 Å². The molecule has 1 aromatic rings. The predicted molar refractivity (Wildman–Crippen MR) is 82.0 cm³/mol. The highest BCUT2D eigenvalue weighted by molar-refractivity contribution is 7.71. The monoisotopic (exact) mass is 282 g/mol. The number of nitrogens with one attached hydrogen (secondary N) is 1. The molecule has 0 aliphatic heterocycles. The van der Waals surface area contributed by atoms with Crippen LogP contribution in [0.2, 0.25) is 0 Å². The van der Waals surface area contributed by atoms with Crippen molar-refractivity contribution >= 4 is 12.2 Å². The molecule has 0 spiro atoms. The van der Waals surface area contributed by atoms with Crippen molar-refractivity contribution in [2.45, 2.75) is 65.4 Å². The van der Waals surface area contributed by atoms with Crippen LogP contribution in [0.25, 0.3) is 0 Å². The van der Waals surface area contributed by atoms with E-state index >= 15 is 0 Å². The van der Waals surface area contributed by atoms with Gasteiger partial charge in [-0.2, -0.15) is 0 Å². The molecule has 0 radical (unpaired) electrons. The summed E-state index contributed by atoms with van der Waals surface area (Å²) >= 11 is 5.32. The van der Waals surface area contributed by atoms with Gasteiger partial charge in [-0.15, -0.1) is 0 Å². The summed E-state index contributed by atoms with van der Waals surface area (Å²) in [5.41, 5.74) is 0.766. The van der Waals surface area contributed by atoms with Crippen molar-refractivity contribution in [1.29, 1.82) is 0 Å². The maximum Gasteiger partial charge on any atom is 0.140 e. The lowest BCUT2D eigenvalue weighted by Crippen LogP contribution is -2.32. The fraction of sp³-hybridized carbons (Fsp3) is 0.733. The number of hydrogen-bond acceptors (Lipinski definition) is 3. The van der Waals surface area contributed by atoms with Gasteiger partial charge < -0.3 is 9.72 Å². The van der Waals surface area contributed by atoms with Gasteiger partial charge >= 0.3 is 0 Å². The average molecular weight is 282 g/mol. The van der Waals surface area contributed by atoms with Crippen LogP contribution in [0.4, 0.5) is 0 Å². The molecular weight excluding hydrogens is 256 g/mol. The molecule has 1 heterocycles. The number of hydrogen-bond donors (Lipinski definition) is 1. The molecule has 0 aromatic carbocycles. The first-order valence-electron chi connectivity index (χ1n) is 7.05. The van der Waals surface area contributed by atoms with Gasteiger partial charge in [0.1, 0.15) is 16.1 Å². The molecular formula is C15H26N2OS. The Morgan fingerprint density at radius 2 is 1.79 bits per heavy atom. The summed E-state index contributed by atoms with van der Waals surface area (Å²) in [6.07, 6.45) is 1.76. The second-order valence-corrected chi connectivity index (χ2v) is 6.28. The topological polar surface area (TPSA) is 37.9 Å². The van der Waals surface area contributed by atoms with Crippen LogP contribution in [0.1, 0.15) is 65.9 Å². The second-order valence-electron chi connectivity index (χ2n) is 5.87. The van der Waals surface area contributed by atoms with Crippen molar-refractivity contribution in [3.63, 3.8) is 0 Å². The van der Waals surface area contributed by atoms with Crippen LogP contribution >= 0.6 is 12.2 Å². The van der Waals surface area contributed by atoms with Crippen molar-refractivity contribution in [2.24, 2.45) is 0 Å². The van der Waals surface area contributed by atoms with E-state index in [1.54, 1.807) is 0 Å². The van der Waals surface area contributed by atoms with Crippen LogP contribution in [-0.4, -0.2) is 16.6 Å². The van der Waals surface area contributed by atoms with Crippen molar-refractivity contribution < 1.29 is 4.74 Å². The van der Waals surface area contributed by atoms with Crippen LogP contribution in [-0.2, 0) is 15.8 Å². The van der Waals surface area contributed by atoms with Gasteiger partial charge in [0.25, 0.3) is 0 Å². The number of aromatic nitrogens is 2. The standard InChI is InChI=1S/C15H26N2OS/c1-7-15(8-2,18-9-3)13-16-11(14(4,5)6)10-12(19)17-13/h10H,7-9H2,1-6H3,(H,16,17,19). The van der Waals surface area contributed by atoms with Gasteiger partial charge in [-0.1, -0.05) is 46.8 Å². The highest BCUT2D eigenvalue weighted by Crippen LogP contribution is 2.32. The highest BCUT2D eigenvalue weighted by Gasteiger charge is 2.32. The molecule has 0 bridgehead atoms. The summed E-state index contributed by atoms with van der Waals surface area (Å²) in [6.45, 7) is 13.4. The minimum atomic E-state index is -0.358. The van der Waals surface area contributed by atoms with Crippen LogP contribution in [0.15, 0.2) is 6.07 Å². The number of H-pyrrole nitrogens is 1. The van der Waals surface area contributed by atoms with Crippen molar-refractivity contribution in [1.82, 2.24) is 9.97 Å². The molecule has 1 N–H and O–H groups in total. The van der Waals surface area contributed by atoms with E-state index in [1.807, 2.05) is 13.0 Å². The molecule has 0 atom stereocenters. The Morgan fingerprint density at radius 1 is 1.21 bits per heavy atom. The number of aromatic amines is 1. The molecule has 19 heavy (non-hydrogen) atoms. The molecule has 1 aromatic heterocycles. The zero-order valence-corrected chi connectivity index (χ0v) is 13.8. The van der Waals surface area contributed by atoms with Gasteiger partial charge in [-0.3, -0.25) is 0 Å². The SMILES string of the molecule is CCOC(CC)(CC)c1nc(=S)cc(C(C)(C)C)[nH]1. The molecule has 0 fully saturated rings. The molecule has 0 unspecified atom stereocenters. The molecule has 4 heteroatoms. The molecule has 3 nitrogen and oxygen atoms in total. The van der Waals surface area contributed by atoms with Gasteiger partial charge in [0.05, 0.1) is 0 Å². The zero-order chi connectivity index (χ0) is 14.7. The van der Waals surface area contributed by atoms with E-state index in [9.17, 15) is 0 Å². The lowest BCUT2D eigenvalue weighted by Gasteiger charge is -2.32. The Labute approximate surface area is 121 Å². The second kappa shape index (κ2) is 6.14. The molecule has 0 saturated heterocycles. The van der Waals surface area contributed by atoms with E-state index in [-0.39, 0.29) is 11.0 Å². The summed E-state index contributed by atoms with van der Waals surface area (Å²) in [7, 11) is 0. The Kier molecular flexibility index (Phi) is 5.27. The Hall–Kier alpha value is -0.740. The number of nitrogens with zero attached hydrogens (tertiary/aromatic N) is 1. The zero-order valence-electron chi connectivity index (χ0n) is 13.0. The normalized spacial score (nSPS) is 12.7. The first-order valence-corrected chi connectivity index (χ1v) is 7.46. The van der Waals surface area contributed by atoms with Gasteiger partial charge in [0, 0.05) is 17.7 Å². The third-order valence-corrected chi connectivity index (χ3v) is 3.75. The van der Waals surface area contributed by atoms with Crippen molar-refractivity contribution in [2.75, 3.05) is 6.61 Å². The minimum Gasteiger partial charge on any atom is -0.367 e. The van der Waals surface area contributed by atoms with Gasteiger partial charge in [-0.05, 0) is 25.8 Å². The third kappa shape index (κ3) is 3.63. The molecule has 1 rings (SSSR count). The van der Waals surface area contributed by atoms with E-state index in [4.69, 9.17) is 17.0 Å². The van der Waals surface area contributed by atoms with E-state index in [2.05, 4.69) is 44.6 Å². The predicted octanol–water partition coefficient (Wildman–Crippen LogP) is 4.49. The summed E-state index contributed by atoms with van der Waals surface area (Å²) in [6, 6.07) is 1.95. The summed E-state index contributed by atoms with van der Waals surface area (Å²) in [5.74, 6) is 0.858. The molecule has 0 aliphatic rings. The fourth-order valence-electron chi connectivity index (χ4n) is 2.21. The summed E-state index contributed by atoms with van der Waals surface area (Å²) in [4.78, 5) is 7.96. The molecule has 0 saturated carbocycles. The maximum absolute atomic E-state index is 6.00. The largest absolute Gasteiger partial charge is 0.367 e. The lowest BCUT2D eigenvalue weighted by molar-refractivity contribution is -0.0574. The average Bonchev–Trinajstić information content (AvgIpc) is 2.34. The molecule has 0 amide bonds. The van der Waals surface area contributed by atoms with Crippen LogP contribution in [0, 0.1) is 4.64 Å². The summed E-state index contributed by atoms with van der Waals surface area (Å²) < 4.78 is 6.63. The smallest absolute Gasteiger partial charge is 0.140 e. The van der Waals surface area contributed by atoms with Gasteiger partial charge in [0.2, 0.25) is 0 Å². The van der Waals surface area contributed by atoms with E-state index in [0.29, 0.717) is 11.2 Å². The fourth-order valence-corrected chi connectivity index (χ4v) is 2.42. The number of rotatable bonds is 5. The number of ether oxygens (including phenoxy) is 1. The van der Waals surface area contributed by atoms with Crippen LogP contribution in [0.5, 0.6) is 0 Å². The van der Waals surface area contributed by atoms with Crippen LogP contribution < -0.4 is 0 Å². The molecule has 108 valence electrons. The van der Waals surface area contributed by atoms with Gasteiger partial charge in [0.15, 0.2) is 0 Å². The van der Waals surface area contributed by atoms with E-state index in [0.717, 1.165) is 24.4 Å². The van der Waals surface area contributed by atoms with E-state index in [1.165, 1.54) is 0 Å². The first kappa shape index (κ1) is 16.3. The Morgan fingerprint density at radius 3 is 2.21 bits per heavy atom. The summed E-state index contributed by atoms with van der Waals surface area (Å²) in [5, 5.41) is 0. The van der Waals surface area contributed by atoms with E-state index < -0.39 is 0 Å². The third-order valence-electron chi connectivity index (χ3n) is 3.55. The highest BCUT2D eigenvalue weighted by atomic mass is 32.1.